The maximum absolute atomic E-state index is 12.9. The first-order chi connectivity index (χ1) is 16.4. The second-order valence-electron chi connectivity index (χ2n) is 10.3. The maximum Gasteiger partial charge on any atom is 0.252 e. The molecule has 0 radical (unpaired) electrons. The number of nitrogens with zero attached hydrogens (tertiary/aromatic N) is 2. The Kier molecular flexibility index (Phi) is 6.36. The van der Waals surface area contributed by atoms with Crippen molar-refractivity contribution in [3.63, 3.8) is 0 Å². The smallest absolute Gasteiger partial charge is 0.252 e. The third-order valence-electron chi connectivity index (χ3n) is 6.78. The number of hydrogen-bond donors (Lipinski definition) is 2. The van der Waals surface area contributed by atoms with Crippen molar-refractivity contribution < 1.29 is 9.53 Å². The molecule has 6 nitrogen and oxygen atoms in total. The van der Waals surface area contributed by atoms with Crippen LogP contribution in [0.2, 0.25) is 0 Å². The van der Waals surface area contributed by atoms with Gasteiger partial charge >= 0.3 is 0 Å². The molecule has 0 saturated carbocycles. The highest BCUT2D eigenvalue weighted by Crippen LogP contribution is 2.39. The number of fused-ring (bicyclic) bond motifs is 2. The SMILES string of the molecule is CC(C)Oc1c(CN(C)C)cc(-c2cc3cc(CN4CCCCC4)ccc3[nH]2)c2c1CNC2=O. The van der Waals surface area contributed by atoms with Crippen molar-refractivity contribution in [3.8, 4) is 17.0 Å². The van der Waals surface area contributed by atoms with E-state index in [2.05, 4.69) is 64.5 Å². The molecule has 5 rings (SSSR count). The van der Waals surface area contributed by atoms with Gasteiger partial charge in [0.05, 0.1) is 11.7 Å². The van der Waals surface area contributed by atoms with E-state index in [0.29, 0.717) is 6.54 Å². The van der Waals surface area contributed by atoms with Crippen LogP contribution in [-0.4, -0.2) is 54.0 Å². The summed E-state index contributed by atoms with van der Waals surface area (Å²) in [5.74, 6) is 0.820. The second kappa shape index (κ2) is 9.43. The van der Waals surface area contributed by atoms with E-state index in [1.165, 1.54) is 43.3 Å². The Morgan fingerprint density at radius 1 is 1.09 bits per heavy atom. The van der Waals surface area contributed by atoms with Crippen LogP contribution in [0.15, 0.2) is 30.3 Å². The van der Waals surface area contributed by atoms with Gasteiger partial charge in [0.15, 0.2) is 0 Å². The quantitative estimate of drug-likeness (QED) is 0.526. The largest absolute Gasteiger partial charge is 0.490 e. The van der Waals surface area contributed by atoms with Crippen LogP contribution in [0, 0.1) is 0 Å². The summed E-state index contributed by atoms with van der Waals surface area (Å²) in [6, 6.07) is 11.0. The highest BCUT2D eigenvalue weighted by Gasteiger charge is 2.30. The number of amides is 1. The van der Waals surface area contributed by atoms with E-state index >= 15 is 0 Å². The van der Waals surface area contributed by atoms with Crippen molar-refractivity contribution in [3.05, 3.63) is 52.6 Å². The van der Waals surface area contributed by atoms with Gasteiger partial charge in [0.25, 0.3) is 5.91 Å². The van der Waals surface area contributed by atoms with Crippen LogP contribution >= 0.6 is 0 Å². The van der Waals surface area contributed by atoms with Gasteiger partial charge < -0.3 is 19.9 Å². The first-order valence-electron chi connectivity index (χ1n) is 12.5. The molecular formula is C28H36N4O2. The topological polar surface area (TPSA) is 60.6 Å². The van der Waals surface area contributed by atoms with Crippen LogP contribution < -0.4 is 10.1 Å². The summed E-state index contributed by atoms with van der Waals surface area (Å²) < 4.78 is 6.24. The number of rotatable bonds is 7. The molecular weight excluding hydrogens is 424 g/mol. The van der Waals surface area contributed by atoms with Gasteiger partial charge in [0.2, 0.25) is 0 Å². The first-order valence-corrected chi connectivity index (χ1v) is 12.5. The molecule has 1 saturated heterocycles. The van der Waals surface area contributed by atoms with Gasteiger partial charge in [-0.05, 0) is 83.7 Å². The van der Waals surface area contributed by atoms with Crippen LogP contribution in [-0.2, 0) is 19.6 Å². The summed E-state index contributed by atoms with van der Waals surface area (Å²) in [5, 5.41) is 4.21. The van der Waals surface area contributed by atoms with E-state index in [1.54, 1.807) is 0 Å². The number of likely N-dealkylation sites (tertiary alicyclic amines) is 1. The molecule has 3 aromatic rings. The lowest BCUT2D eigenvalue weighted by atomic mass is 9.95. The zero-order chi connectivity index (χ0) is 23.8. The maximum atomic E-state index is 12.9. The first kappa shape index (κ1) is 22.9. The van der Waals surface area contributed by atoms with Gasteiger partial charge in [-0.3, -0.25) is 9.69 Å². The van der Waals surface area contributed by atoms with Gasteiger partial charge in [-0.15, -0.1) is 0 Å². The lowest BCUT2D eigenvalue weighted by Crippen LogP contribution is -2.28. The standard InChI is InChI=1S/C28H36N4O2/c1-18(2)34-27-21(17-31(3)4)13-22(26-23(27)15-29-28(26)33)25-14-20-12-19(8-9-24(20)30-25)16-32-10-6-5-7-11-32/h8-9,12-14,18,30H,5-7,10-11,15-17H2,1-4H3,(H,29,33). The molecule has 1 fully saturated rings. The molecule has 0 spiro atoms. The molecule has 2 aliphatic heterocycles. The molecule has 2 N–H and O–H groups in total. The zero-order valence-electron chi connectivity index (χ0n) is 20.8. The highest BCUT2D eigenvalue weighted by atomic mass is 16.5. The van der Waals surface area contributed by atoms with E-state index in [0.717, 1.165) is 52.3 Å². The summed E-state index contributed by atoms with van der Waals surface area (Å²) in [7, 11) is 4.12. The fourth-order valence-corrected chi connectivity index (χ4v) is 5.32. The minimum Gasteiger partial charge on any atom is -0.490 e. The molecule has 0 atom stereocenters. The van der Waals surface area contributed by atoms with Crippen molar-refractivity contribution >= 4 is 16.8 Å². The lowest BCUT2D eigenvalue weighted by molar-refractivity contribution is 0.0966. The van der Waals surface area contributed by atoms with E-state index in [9.17, 15) is 4.79 Å². The van der Waals surface area contributed by atoms with Crippen LogP contribution in [0.3, 0.4) is 0 Å². The van der Waals surface area contributed by atoms with Crippen molar-refractivity contribution in [2.75, 3.05) is 27.2 Å². The van der Waals surface area contributed by atoms with Gasteiger partial charge in [-0.25, -0.2) is 0 Å². The summed E-state index contributed by atoms with van der Waals surface area (Å²) in [5.41, 5.74) is 7.18. The number of nitrogens with one attached hydrogen (secondary N) is 2. The van der Waals surface area contributed by atoms with Gasteiger partial charge in [0, 0.05) is 52.9 Å². The average Bonchev–Trinajstić information content (AvgIpc) is 3.39. The lowest BCUT2D eigenvalue weighted by Gasteiger charge is -2.26. The Hall–Kier alpha value is -2.83. The molecule has 1 aromatic heterocycles. The number of carbonyl (C=O) groups excluding carboxylic acids is 1. The van der Waals surface area contributed by atoms with Crippen molar-refractivity contribution in [1.29, 1.82) is 0 Å². The van der Waals surface area contributed by atoms with Crippen molar-refractivity contribution in [2.45, 2.75) is 58.8 Å². The van der Waals surface area contributed by atoms with E-state index in [1.807, 2.05) is 13.8 Å². The summed E-state index contributed by atoms with van der Waals surface area (Å²) >= 11 is 0. The van der Waals surface area contributed by atoms with E-state index in [4.69, 9.17) is 4.74 Å². The monoisotopic (exact) mass is 460 g/mol. The Bertz CT molecular complexity index is 1200. The minimum atomic E-state index is -0.0283. The Morgan fingerprint density at radius 3 is 2.62 bits per heavy atom. The zero-order valence-corrected chi connectivity index (χ0v) is 20.8. The number of aromatic amines is 1. The summed E-state index contributed by atoms with van der Waals surface area (Å²) in [6.45, 7) is 8.70. The molecule has 1 amide bonds. The highest BCUT2D eigenvalue weighted by molar-refractivity contribution is 6.06. The van der Waals surface area contributed by atoms with Crippen LogP contribution in [0.1, 0.15) is 60.2 Å². The number of aromatic nitrogens is 1. The van der Waals surface area contributed by atoms with Crippen LogP contribution in [0.5, 0.6) is 5.75 Å². The number of hydrogen-bond acceptors (Lipinski definition) is 4. The second-order valence-corrected chi connectivity index (χ2v) is 10.3. The molecule has 180 valence electrons. The molecule has 2 aromatic carbocycles. The number of piperidine rings is 1. The van der Waals surface area contributed by atoms with E-state index < -0.39 is 0 Å². The molecule has 2 aliphatic rings. The molecule has 0 bridgehead atoms. The fraction of sp³-hybridized carbons (Fsp3) is 0.464. The third-order valence-corrected chi connectivity index (χ3v) is 6.78. The number of carbonyl (C=O) groups is 1. The summed E-state index contributed by atoms with van der Waals surface area (Å²) in [4.78, 5) is 21.2. The Balaban J connectivity index is 1.56. The fourth-order valence-electron chi connectivity index (χ4n) is 5.32. The van der Waals surface area contributed by atoms with Gasteiger partial charge in [-0.2, -0.15) is 0 Å². The third kappa shape index (κ3) is 4.57. The van der Waals surface area contributed by atoms with Gasteiger partial charge in [0.1, 0.15) is 5.75 Å². The summed E-state index contributed by atoms with van der Waals surface area (Å²) in [6.07, 6.45) is 3.99. The predicted octanol–water partition coefficient (Wildman–Crippen LogP) is 4.91. The Morgan fingerprint density at radius 2 is 1.88 bits per heavy atom. The molecule has 3 heterocycles. The van der Waals surface area contributed by atoms with Crippen LogP contribution in [0.4, 0.5) is 0 Å². The van der Waals surface area contributed by atoms with E-state index in [-0.39, 0.29) is 12.0 Å². The minimum absolute atomic E-state index is 0.0283. The normalized spacial score (nSPS) is 16.5. The van der Waals surface area contributed by atoms with Crippen molar-refractivity contribution in [1.82, 2.24) is 20.1 Å². The number of benzene rings is 2. The number of ether oxygens (including phenoxy) is 1. The predicted molar refractivity (Wildman–Crippen MR) is 137 cm³/mol. The van der Waals surface area contributed by atoms with Gasteiger partial charge in [-0.1, -0.05) is 12.5 Å². The molecule has 34 heavy (non-hydrogen) atoms. The number of H-pyrrole nitrogens is 1. The molecule has 0 aliphatic carbocycles. The molecule has 0 unspecified atom stereocenters. The average molecular weight is 461 g/mol. The van der Waals surface area contributed by atoms with Crippen LogP contribution in [0.25, 0.3) is 22.2 Å². The Labute approximate surface area is 202 Å². The van der Waals surface area contributed by atoms with Crippen molar-refractivity contribution in [2.24, 2.45) is 0 Å². The molecule has 6 heteroatoms.